The molecule has 1 aliphatic rings. The van der Waals surface area contributed by atoms with E-state index in [1.807, 2.05) is 12.1 Å². The van der Waals surface area contributed by atoms with E-state index in [0.717, 1.165) is 8.66 Å². The van der Waals surface area contributed by atoms with Crippen molar-refractivity contribution in [3.05, 3.63) is 50.6 Å². The Hall–Kier alpha value is -2.32. The predicted octanol–water partition coefficient (Wildman–Crippen LogP) is 2.71. The average molecular weight is 395 g/mol. The van der Waals surface area contributed by atoms with E-state index in [9.17, 15) is 9.59 Å². The standard InChI is InChI=1S/C15H11BrN2O4S/c16-13-5-2-10(23-13)3-6-14(19)17-18-15(20)9-1-4-11-12(7-9)22-8-21-11/h1-7H,8H2,(H,17,19)(H,18,20)/b6-3+. The summed E-state index contributed by atoms with van der Waals surface area (Å²) in [5, 5.41) is 0. The Morgan fingerprint density at radius 1 is 1.13 bits per heavy atom. The maximum absolute atomic E-state index is 12.0. The minimum atomic E-state index is -0.441. The highest BCUT2D eigenvalue weighted by atomic mass is 79.9. The molecule has 2 aromatic rings. The Balaban J connectivity index is 1.54. The lowest BCUT2D eigenvalue weighted by atomic mass is 10.2. The molecule has 1 aliphatic heterocycles. The number of amides is 2. The number of hydrogen-bond acceptors (Lipinski definition) is 5. The molecular weight excluding hydrogens is 384 g/mol. The van der Waals surface area contributed by atoms with Crippen molar-refractivity contribution in [2.24, 2.45) is 0 Å². The van der Waals surface area contributed by atoms with Crippen molar-refractivity contribution in [3.63, 3.8) is 0 Å². The van der Waals surface area contributed by atoms with Gasteiger partial charge in [0, 0.05) is 16.5 Å². The van der Waals surface area contributed by atoms with Crippen LogP contribution in [0.2, 0.25) is 0 Å². The molecule has 1 aromatic heterocycles. The molecule has 0 bridgehead atoms. The first kappa shape index (κ1) is 15.6. The Bertz CT molecular complexity index is 788. The van der Waals surface area contributed by atoms with Gasteiger partial charge in [0.25, 0.3) is 11.8 Å². The summed E-state index contributed by atoms with van der Waals surface area (Å²) in [7, 11) is 0. The highest BCUT2D eigenvalue weighted by molar-refractivity contribution is 9.11. The van der Waals surface area contributed by atoms with Crippen molar-refractivity contribution in [1.82, 2.24) is 10.9 Å². The summed E-state index contributed by atoms with van der Waals surface area (Å²) in [5.74, 6) is 0.232. The van der Waals surface area contributed by atoms with E-state index in [4.69, 9.17) is 9.47 Å². The maximum Gasteiger partial charge on any atom is 0.269 e. The van der Waals surface area contributed by atoms with Gasteiger partial charge in [-0.1, -0.05) is 0 Å². The van der Waals surface area contributed by atoms with E-state index in [-0.39, 0.29) is 6.79 Å². The number of thiophene rings is 1. The molecule has 6 nitrogen and oxygen atoms in total. The van der Waals surface area contributed by atoms with Gasteiger partial charge in [0.05, 0.1) is 3.79 Å². The van der Waals surface area contributed by atoms with E-state index in [1.54, 1.807) is 24.3 Å². The summed E-state index contributed by atoms with van der Waals surface area (Å²) in [6.45, 7) is 0.140. The van der Waals surface area contributed by atoms with Gasteiger partial charge < -0.3 is 9.47 Å². The fourth-order valence-electron chi connectivity index (χ4n) is 1.85. The molecule has 0 spiro atoms. The number of rotatable bonds is 3. The normalized spacial score (nSPS) is 12.4. The zero-order valence-electron chi connectivity index (χ0n) is 11.7. The van der Waals surface area contributed by atoms with Crippen LogP contribution < -0.4 is 20.3 Å². The quantitative estimate of drug-likeness (QED) is 0.619. The number of hydrazine groups is 1. The van der Waals surface area contributed by atoms with Crippen LogP contribution in [0.1, 0.15) is 15.2 Å². The second-order valence-corrected chi connectivity index (χ2v) is 6.98. The van der Waals surface area contributed by atoms with Crippen LogP contribution >= 0.6 is 27.3 Å². The van der Waals surface area contributed by atoms with Gasteiger partial charge in [-0.05, 0) is 52.3 Å². The Kier molecular flexibility index (Phi) is 4.63. The second kappa shape index (κ2) is 6.84. The third-order valence-corrected chi connectivity index (χ3v) is 4.52. The first-order chi connectivity index (χ1) is 11.1. The Morgan fingerprint density at radius 3 is 2.74 bits per heavy atom. The molecule has 0 unspecified atom stereocenters. The van der Waals surface area contributed by atoms with Gasteiger partial charge in [0.1, 0.15) is 0 Å². The summed E-state index contributed by atoms with van der Waals surface area (Å²) in [4.78, 5) is 24.6. The monoisotopic (exact) mass is 394 g/mol. The molecule has 0 saturated carbocycles. The van der Waals surface area contributed by atoms with Crippen molar-refractivity contribution < 1.29 is 19.1 Å². The number of carbonyl (C=O) groups is 2. The molecule has 8 heteroatoms. The summed E-state index contributed by atoms with van der Waals surface area (Å²) in [6.07, 6.45) is 3.01. The number of hydrogen-bond donors (Lipinski definition) is 2. The molecule has 3 rings (SSSR count). The molecule has 0 aliphatic carbocycles. The van der Waals surface area contributed by atoms with E-state index < -0.39 is 11.8 Å². The molecule has 1 aromatic carbocycles. The number of fused-ring (bicyclic) bond motifs is 1. The van der Waals surface area contributed by atoms with E-state index >= 15 is 0 Å². The zero-order chi connectivity index (χ0) is 16.2. The maximum atomic E-state index is 12.0. The number of benzene rings is 1. The zero-order valence-corrected chi connectivity index (χ0v) is 14.1. The van der Waals surface area contributed by atoms with Gasteiger partial charge in [0.2, 0.25) is 6.79 Å². The Labute approximate surface area is 144 Å². The van der Waals surface area contributed by atoms with Crippen molar-refractivity contribution in [2.45, 2.75) is 0 Å². The molecule has 0 saturated heterocycles. The minimum absolute atomic E-state index is 0.140. The fraction of sp³-hybridized carbons (Fsp3) is 0.0667. The summed E-state index contributed by atoms with van der Waals surface area (Å²) in [5.41, 5.74) is 5.02. The molecule has 118 valence electrons. The lowest BCUT2D eigenvalue weighted by molar-refractivity contribution is -0.117. The Morgan fingerprint density at radius 2 is 1.96 bits per heavy atom. The topological polar surface area (TPSA) is 76.7 Å². The van der Waals surface area contributed by atoms with Crippen molar-refractivity contribution >= 4 is 45.2 Å². The van der Waals surface area contributed by atoms with E-state index in [1.165, 1.54) is 17.4 Å². The SMILES string of the molecule is O=C(/C=C/c1ccc(Br)s1)NNC(=O)c1ccc2c(c1)OCO2. The van der Waals surface area contributed by atoms with Crippen LogP contribution in [0.5, 0.6) is 11.5 Å². The van der Waals surface area contributed by atoms with Crippen LogP contribution in [-0.2, 0) is 4.79 Å². The molecule has 2 amide bonds. The summed E-state index contributed by atoms with van der Waals surface area (Å²) < 4.78 is 11.4. The largest absolute Gasteiger partial charge is 0.454 e. The van der Waals surface area contributed by atoms with Gasteiger partial charge in [0.15, 0.2) is 11.5 Å². The fourth-order valence-corrected chi connectivity index (χ4v) is 3.17. The van der Waals surface area contributed by atoms with Crippen LogP contribution in [0.15, 0.2) is 40.2 Å². The summed E-state index contributed by atoms with van der Waals surface area (Å²) >= 11 is 4.84. The van der Waals surface area contributed by atoms with Crippen molar-refractivity contribution in [1.29, 1.82) is 0 Å². The minimum Gasteiger partial charge on any atom is -0.454 e. The predicted molar refractivity (Wildman–Crippen MR) is 89.2 cm³/mol. The van der Waals surface area contributed by atoms with Gasteiger partial charge in [-0.25, -0.2) is 0 Å². The number of nitrogens with one attached hydrogen (secondary N) is 2. The van der Waals surface area contributed by atoms with Gasteiger partial charge >= 0.3 is 0 Å². The molecule has 0 atom stereocenters. The molecule has 2 heterocycles. The molecular formula is C15H11BrN2O4S. The van der Waals surface area contributed by atoms with Crippen molar-refractivity contribution in [3.8, 4) is 11.5 Å². The van der Waals surface area contributed by atoms with Gasteiger partial charge in [-0.15, -0.1) is 11.3 Å². The van der Waals surface area contributed by atoms with Crippen molar-refractivity contribution in [2.75, 3.05) is 6.79 Å². The molecule has 0 fully saturated rings. The second-order valence-electron chi connectivity index (χ2n) is 4.49. The third kappa shape index (κ3) is 3.91. The van der Waals surface area contributed by atoms with Gasteiger partial charge in [-0.3, -0.25) is 20.4 Å². The van der Waals surface area contributed by atoms with Gasteiger partial charge in [-0.2, -0.15) is 0 Å². The van der Waals surface area contributed by atoms with E-state index in [0.29, 0.717) is 17.1 Å². The van der Waals surface area contributed by atoms with E-state index in [2.05, 4.69) is 26.8 Å². The van der Waals surface area contributed by atoms with Crippen LogP contribution in [0.25, 0.3) is 6.08 Å². The lowest BCUT2D eigenvalue weighted by Crippen LogP contribution is -2.40. The first-order valence-electron chi connectivity index (χ1n) is 6.55. The first-order valence-corrected chi connectivity index (χ1v) is 8.16. The molecule has 23 heavy (non-hydrogen) atoms. The van der Waals surface area contributed by atoms with Crippen LogP contribution in [0, 0.1) is 0 Å². The van der Waals surface area contributed by atoms with Crippen LogP contribution in [0.3, 0.4) is 0 Å². The lowest BCUT2D eigenvalue weighted by Gasteiger charge is -2.05. The highest BCUT2D eigenvalue weighted by Gasteiger charge is 2.16. The smallest absolute Gasteiger partial charge is 0.269 e. The average Bonchev–Trinajstić information content (AvgIpc) is 3.18. The third-order valence-electron chi connectivity index (χ3n) is 2.93. The summed E-state index contributed by atoms with van der Waals surface area (Å²) in [6, 6.07) is 8.57. The number of ether oxygens (including phenoxy) is 2. The molecule has 0 radical (unpaired) electrons. The van der Waals surface area contributed by atoms with Crippen LogP contribution in [-0.4, -0.2) is 18.6 Å². The number of carbonyl (C=O) groups excluding carboxylic acids is 2. The van der Waals surface area contributed by atoms with Crippen LogP contribution in [0.4, 0.5) is 0 Å². The highest BCUT2D eigenvalue weighted by Crippen LogP contribution is 2.32. The number of halogens is 1. The molecule has 2 N–H and O–H groups in total.